The van der Waals surface area contributed by atoms with Crippen LogP contribution in [0, 0.1) is 0 Å². The number of hydrogen-bond acceptors (Lipinski definition) is 5. The predicted molar refractivity (Wildman–Crippen MR) is 197 cm³/mol. The summed E-state index contributed by atoms with van der Waals surface area (Å²) in [6.07, 6.45) is 5.02. The van der Waals surface area contributed by atoms with Gasteiger partial charge in [0.2, 0.25) is 5.91 Å². The number of ether oxygens (including phenoxy) is 1. The highest BCUT2D eigenvalue weighted by atomic mass is 16.6. The van der Waals surface area contributed by atoms with Crippen LogP contribution in [0.25, 0.3) is 10.8 Å². The molecule has 0 aromatic heterocycles. The normalized spacial score (nSPS) is 12.6. The van der Waals surface area contributed by atoms with Crippen molar-refractivity contribution in [1.82, 2.24) is 10.2 Å². The highest BCUT2D eigenvalue weighted by molar-refractivity contribution is 6.00. The molecule has 0 aliphatic carbocycles. The second-order valence-corrected chi connectivity index (χ2v) is 13.6. The first-order valence-electron chi connectivity index (χ1n) is 17.4. The third-order valence-electron chi connectivity index (χ3n) is 8.43. The molecule has 4 aromatic carbocycles. The Balaban J connectivity index is 1.75. The number of phenols is 1. The summed E-state index contributed by atoms with van der Waals surface area (Å²) in [5.41, 5.74) is 2.38. The van der Waals surface area contributed by atoms with Crippen LogP contribution in [0.2, 0.25) is 0 Å². The molecule has 2 unspecified atom stereocenters. The summed E-state index contributed by atoms with van der Waals surface area (Å²) in [5, 5.41) is 17.8. The lowest BCUT2D eigenvalue weighted by molar-refractivity contribution is -0.140. The highest BCUT2D eigenvalue weighted by Crippen LogP contribution is 2.28. The summed E-state index contributed by atoms with van der Waals surface area (Å²) < 4.78 is 5.57. The summed E-state index contributed by atoms with van der Waals surface area (Å²) in [6, 6.07) is 26.0. The van der Waals surface area contributed by atoms with E-state index in [-0.39, 0.29) is 18.1 Å². The van der Waals surface area contributed by atoms with Crippen LogP contribution in [0.4, 0.5) is 10.5 Å². The van der Waals surface area contributed by atoms with Crippen LogP contribution in [-0.4, -0.2) is 46.1 Å². The molecule has 0 saturated heterocycles. The Morgan fingerprint density at radius 2 is 1.45 bits per heavy atom. The molecule has 49 heavy (non-hydrogen) atoms. The molecule has 8 heteroatoms. The lowest BCUT2D eigenvalue weighted by atomic mass is 9.98. The summed E-state index contributed by atoms with van der Waals surface area (Å²) >= 11 is 0. The lowest BCUT2D eigenvalue weighted by Gasteiger charge is -2.35. The van der Waals surface area contributed by atoms with E-state index in [2.05, 4.69) is 24.5 Å². The largest absolute Gasteiger partial charge is 0.508 e. The molecule has 0 aliphatic heterocycles. The molecule has 4 rings (SSSR count). The van der Waals surface area contributed by atoms with Crippen molar-refractivity contribution >= 4 is 34.4 Å². The van der Waals surface area contributed by atoms with Gasteiger partial charge in [0.05, 0.1) is 0 Å². The van der Waals surface area contributed by atoms with Gasteiger partial charge in [0.25, 0.3) is 5.91 Å². The topological polar surface area (TPSA) is 108 Å². The van der Waals surface area contributed by atoms with Crippen molar-refractivity contribution in [2.75, 3.05) is 11.9 Å². The van der Waals surface area contributed by atoms with Crippen LogP contribution < -0.4 is 10.6 Å². The predicted octanol–water partition coefficient (Wildman–Crippen LogP) is 8.72. The summed E-state index contributed by atoms with van der Waals surface area (Å²) in [5.74, 6) is -0.642. The molecule has 0 bridgehead atoms. The maximum absolute atomic E-state index is 14.8. The molecule has 3 amide bonds. The van der Waals surface area contributed by atoms with E-state index in [1.807, 2.05) is 66.7 Å². The highest BCUT2D eigenvalue weighted by Gasteiger charge is 2.36. The maximum Gasteiger partial charge on any atom is 0.408 e. The van der Waals surface area contributed by atoms with E-state index in [1.54, 1.807) is 49.9 Å². The Kier molecular flexibility index (Phi) is 13.2. The minimum absolute atomic E-state index is 0.0985. The molecule has 3 N–H and O–H groups in total. The fraction of sp³-hybridized carbons (Fsp3) is 0.390. The van der Waals surface area contributed by atoms with Crippen LogP contribution in [0.1, 0.15) is 89.5 Å². The van der Waals surface area contributed by atoms with Gasteiger partial charge in [-0.1, -0.05) is 106 Å². The summed E-state index contributed by atoms with van der Waals surface area (Å²) in [4.78, 5) is 44.1. The first-order valence-corrected chi connectivity index (χ1v) is 17.4. The molecular formula is C41H51N3O5. The van der Waals surface area contributed by atoms with Crippen LogP contribution in [0.15, 0.2) is 91.0 Å². The van der Waals surface area contributed by atoms with Gasteiger partial charge in [0, 0.05) is 18.7 Å². The van der Waals surface area contributed by atoms with Gasteiger partial charge in [-0.25, -0.2) is 4.79 Å². The third kappa shape index (κ3) is 11.1. The van der Waals surface area contributed by atoms with Gasteiger partial charge in [-0.3, -0.25) is 9.59 Å². The number of unbranched alkanes of at least 4 members (excludes halogenated alkanes) is 4. The summed E-state index contributed by atoms with van der Waals surface area (Å²) in [7, 11) is 0. The minimum Gasteiger partial charge on any atom is -0.508 e. The second-order valence-electron chi connectivity index (χ2n) is 13.6. The lowest BCUT2D eigenvalue weighted by Crippen LogP contribution is -2.53. The van der Waals surface area contributed by atoms with Gasteiger partial charge in [-0.05, 0) is 85.3 Å². The number of nitrogens with zero attached hydrogens (tertiary/aromatic N) is 1. The fourth-order valence-electron chi connectivity index (χ4n) is 5.86. The van der Waals surface area contributed by atoms with Crippen LogP contribution in [-0.2, 0) is 27.2 Å². The van der Waals surface area contributed by atoms with Crippen molar-refractivity contribution in [3.05, 3.63) is 108 Å². The first kappa shape index (κ1) is 37.0. The number of benzene rings is 4. The number of phenolic OH excluding ortho intramolecular Hbond substituents is 1. The number of carbonyl (C=O) groups excluding carboxylic acids is 3. The van der Waals surface area contributed by atoms with Crippen molar-refractivity contribution < 1.29 is 24.2 Å². The van der Waals surface area contributed by atoms with Crippen molar-refractivity contribution in [3.8, 4) is 5.75 Å². The van der Waals surface area contributed by atoms with E-state index in [9.17, 15) is 19.5 Å². The van der Waals surface area contributed by atoms with E-state index in [1.165, 1.54) is 0 Å². The zero-order valence-electron chi connectivity index (χ0n) is 29.5. The standard InChI is InChI=1S/C41H51N3O5/c1-6-8-9-10-13-26-44(39(47)36(43-40(48)49-41(3,4)5)27-30-18-24-35(45)25-19-30)37(32-20-16-29(7-2)17-21-32)38(46)42-34-23-22-31-14-11-12-15-33(31)28-34/h11-12,14-25,28,36-37,45H,6-10,13,26-27H2,1-5H3,(H,42,46)(H,43,48). The van der Waals surface area contributed by atoms with E-state index in [0.29, 0.717) is 24.2 Å². The first-order chi connectivity index (χ1) is 23.5. The van der Waals surface area contributed by atoms with Crippen LogP contribution >= 0.6 is 0 Å². The Morgan fingerprint density at radius 1 is 0.796 bits per heavy atom. The number of rotatable bonds is 15. The van der Waals surface area contributed by atoms with Gasteiger partial charge in [-0.2, -0.15) is 0 Å². The number of alkyl carbamates (subject to hydrolysis) is 1. The maximum atomic E-state index is 14.8. The number of nitrogens with one attached hydrogen (secondary N) is 2. The van der Waals surface area contributed by atoms with Crippen LogP contribution in [0.5, 0.6) is 5.75 Å². The molecule has 0 heterocycles. The molecule has 2 atom stereocenters. The number of amides is 3. The molecule has 0 radical (unpaired) electrons. The smallest absolute Gasteiger partial charge is 0.408 e. The average molecular weight is 666 g/mol. The van der Waals surface area contributed by atoms with Crippen molar-refractivity contribution in [3.63, 3.8) is 0 Å². The molecule has 0 spiro atoms. The number of aryl methyl sites for hydroxylation is 1. The fourth-order valence-corrected chi connectivity index (χ4v) is 5.86. The molecule has 4 aromatic rings. The zero-order valence-corrected chi connectivity index (χ0v) is 29.5. The van der Waals surface area contributed by atoms with Crippen LogP contribution in [0.3, 0.4) is 0 Å². The van der Waals surface area contributed by atoms with Gasteiger partial charge in [-0.15, -0.1) is 0 Å². The molecule has 0 fully saturated rings. The van der Waals surface area contributed by atoms with Gasteiger partial charge >= 0.3 is 6.09 Å². The molecule has 260 valence electrons. The molecule has 0 saturated carbocycles. The van der Waals surface area contributed by atoms with E-state index in [0.717, 1.165) is 54.0 Å². The number of hydrogen-bond donors (Lipinski definition) is 3. The van der Waals surface area contributed by atoms with Gasteiger partial charge in [0.1, 0.15) is 23.4 Å². The average Bonchev–Trinajstić information content (AvgIpc) is 3.07. The zero-order chi connectivity index (χ0) is 35.4. The summed E-state index contributed by atoms with van der Waals surface area (Å²) in [6.45, 7) is 9.83. The Bertz CT molecular complexity index is 1680. The number of anilines is 1. The van der Waals surface area contributed by atoms with Gasteiger partial charge in [0.15, 0.2) is 0 Å². The Morgan fingerprint density at radius 3 is 2.10 bits per heavy atom. The van der Waals surface area contributed by atoms with E-state index >= 15 is 0 Å². The van der Waals surface area contributed by atoms with Crippen molar-refractivity contribution in [2.24, 2.45) is 0 Å². The van der Waals surface area contributed by atoms with E-state index in [4.69, 9.17) is 4.74 Å². The second kappa shape index (κ2) is 17.5. The molecule has 0 aliphatic rings. The molecule has 8 nitrogen and oxygen atoms in total. The van der Waals surface area contributed by atoms with E-state index < -0.39 is 29.7 Å². The minimum atomic E-state index is -1.04. The SMILES string of the molecule is CCCCCCCN(C(=O)C(Cc1ccc(O)cc1)NC(=O)OC(C)(C)C)C(C(=O)Nc1ccc2ccccc2c1)c1ccc(CC)cc1. The van der Waals surface area contributed by atoms with Crippen molar-refractivity contribution in [2.45, 2.75) is 97.2 Å². The Labute approximate surface area is 290 Å². The quantitative estimate of drug-likeness (QED) is 0.110. The third-order valence-corrected chi connectivity index (χ3v) is 8.43. The number of aromatic hydroxyl groups is 1. The number of fused-ring (bicyclic) bond motifs is 1. The Hall–Kier alpha value is -4.85. The molecular weight excluding hydrogens is 614 g/mol. The van der Waals surface area contributed by atoms with Gasteiger partial charge < -0.3 is 25.4 Å². The monoisotopic (exact) mass is 665 g/mol. The number of carbonyl (C=O) groups is 3. The van der Waals surface area contributed by atoms with Crippen molar-refractivity contribution in [1.29, 1.82) is 0 Å².